The Labute approximate surface area is 182 Å². The van der Waals surface area contributed by atoms with Crippen LogP contribution in [-0.2, 0) is 4.79 Å². The van der Waals surface area contributed by atoms with Gasteiger partial charge in [0.25, 0.3) is 0 Å². The van der Waals surface area contributed by atoms with E-state index in [1.165, 1.54) is 0 Å². The van der Waals surface area contributed by atoms with Crippen LogP contribution in [0.3, 0.4) is 0 Å². The molecule has 1 aliphatic heterocycles. The van der Waals surface area contributed by atoms with Crippen LogP contribution in [0, 0.1) is 10.8 Å². The normalized spacial score (nSPS) is 26.2. The maximum atomic E-state index is 13.8. The Hall–Kier alpha value is -3.05. The standard InChI is InChI=1S/C25H17BrO4/c1-24(21(27)15-8-4-2-5-9-15)20-18-14-17(26)12-13-19(18)30-23(29)25(20,24)22(28)16-10-6-3-7-11-16/h2-14,20H,1H3/t20-,24+,25-/m0/s1. The van der Waals surface area contributed by atoms with Crippen molar-refractivity contribution in [2.75, 3.05) is 0 Å². The summed E-state index contributed by atoms with van der Waals surface area (Å²) in [5, 5.41) is 0. The Balaban J connectivity index is 1.74. The van der Waals surface area contributed by atoms with E-state index in [9.17, 15) is 14.4 Å². The van der Waals surface area contributed by atoms with Gasteiger partial charge in [0.2, 0.25) is 0 Å². The van der Waals surface area contributed by atoms with Gasteiger partial charge in [-0.15, -0.1) is 0 Å². The van der Waals surface area contributed by atoms with Crippen molar-refractivity contribution >= 4 is 33.5 Å². The van der Waals surface area contributed by atoms with E-state index in [2.05, 4.69) is 15.9 Å². The molecule has 1 aliphatic carbocycles. The van der Waals surface area contributed by atoms with E-state index in [-0.39, 0.29) is 11.6 Å². The Bertz CT molecular complexity index is 1200. The molecule has 3 atom stereocenters. The molecule has 1 heterocycles. The minimum Gasteiger partial charge on any atom is -0.425 e. The van der Waals surface area contributed by atoms with Crippen molar-refractivity contribution < 1.29 is 19.1 Å². The monoisotopic (exact) mass is 460 g/mol. The van der Waals surface area contributed by atoms with Crippen molar-refractivity contribution in [2.24, 2.45) is 10.8 Å². The van der Waals surface area contributed by atoms with E-state index < -0.39 is 22.7 Å². The van der Waals surface area contributed by atoms with Crippen molar-refractivity contribution in [3.8, 4) is 5.75 Å². The molecule has 0 bridgehead atoms. The summed E-state index contributed by atoms with van der Waals surface area (Å²) in [6.45, 7) is 1.71. The molecule has 0 N–H and O–H groups in total. The summed E-state index contributed by atoms with van der Waals surface area (Å²) in [5.74, 6) is -1.48. The van der Waals surface area contributed by atoms with Gasteiger partial charge < -0.3 is 4.74 Å². The molecule has 5 rings (SSSR count). The van der Waals surface area contributed by atoms with E-state index in [1.54, 1.807) is 73.7 Å². The van der Waals surface area contributed by atoms with Crippen molar-refractivity contribution in [1.82, 2.24) is 0 Å². The highest BCUT2D eigenvalue weighted by Gasteiger charge is 2.87. The van der Waals surface area contributed by atoms with Crippen molar-refractivity contribution in [3.63, 3.8) is 0 Å². The van der Waals surface area contributed by atoms with Gasteiger partial charge in [-0.25, -0.2) is 0 Å². The maximum Gasteiger partial charge on any atom is 0.327 e. The van der Waals surface area contributed by atoms with E-state index in [0.717, 1.165) is 4.47 Å². The highest BCUT2D eigenvalue weighted by atomic mass is 79.9. The molecule has 3 aromatic carbocycles. The number of hydrogen-bond donors (Lipinski definition) is 0. The molecule has 0 saturated heterocycles. The topological polar surface area (TPSA) is 60.4 Å². The van der Waals surface area contributed by atoms with Crippen molar-refractivity contribution in [3.05, 3.63) is 100 Å². The second kappa shape index (κ2) is 6.47. The van der Waals surface area contributed by atoms with E-state index >= 15 is 0 Å². The molecular formula is C25H17BrO4. The fraction of sp³-hybridized carbons (Fsp3) is 0.160. The number of halogens is 1. The first-order chi connectivity index (χ1) is 14.4. The van der Waals surface area contributed by atoms with Gasteiger partial charge in [-0.05, 0) is 18.2 Å². The average Bonchev–Trinajstić information content (AvgIpc) is 3.37. The third-order valence-corrected chi connectivity index (χ3v) is 6.95. The minimum atomic E-state index is -1.59. The molecule has 0 amide bonds. The fourth-order valence-corrected chi connectivity index (χ4v) is 5.37. The zero-order chi connectivity index (χ0) is 21.1. The molecule has 0 radical (unpaired) electrons. The molecule has 1 saturated carbocycles. The van der Waals surface area contributed by atoms with Gasteiger partial charge in [-0.3, -0.25) is 14.4 Å². The Morgan fingerprint density at radius 2 is 1.43 bits per heavy atom. The van der Waals surface area contributed by atoms with E-state index in [1.807, 2.05) is 12.1 Å². The Morgan fingerprint density at radius 1 is 0.867 bits per heavy atom. The third kappa shape index (κ3) is 2.30. The molecule has 30 heavy (non-hydrogen) atoms. The molecule has 2 aliphatic rings. The second-order valence-electron chi connectivity index (χ2n) is 7.91. The van der Waals surface area contributed by atoms with E-state index in [4.69, 9.17) is 4.74 Å². The van der Waals surface area contributed by atoms with Gasteiger partial charge >= 0.3 is 5.97 Å². The van der Waals surface area contributed by atoms with Crippen LogP contribution in [0.4, 0.5) is 0 Å². The summed E-state index contributed by atoms with van der Waals surface area (Å²) >= 11 is 3.46. The van der Waals surface area contributed by atoms with E-state index in [0.29, 0.717) is 22.4 Å². The molecule has 0 aromatic heterocycles. The van der Waals surface area contributed by atoms with Crippen LogP contribution in [0.15, 0.2) is 83.3 Å². The summed E-state index contributed by atoms with van der Waals surface area (Å²) in [4.78, 5) is 40.8. The van der Waals surface area contributed by atoms with Crippen LogP contribution in [0.1, 0.15) is 39.1 Å². The maximum absolute atomic E-state index is 13.8. The number of esters is 1. The number of rotatable bonds is 4. The second-order valence-corrected chi connectivity index (χ2v) is 8.82. The smallest absolute Gasteiger partial charge is 0.327 e. The van der Waals surface area contributed by atoms with Gasteiger partial charge in [-0.1, -0.05) is 83.5 Å². The number of Topliss-reactive ketones (excluding diaryl/α,β-unsaturated/α-hetero) is 2. The minimum absolute atomic E-state index is 0.234. The molecule has 1 fully saturated rings. The first-order valence-corrected chi connectivity index (χ1v) is 10.4. The van der Waals surface area contributed by atoms with Crippen LogP contribution < -0.4 is 4.74 Å². The van der Waals surface area contributed by atoms with Crippen LogP contribution in [0.25, 0.3) is 0 Å². The van der Waals surface area contributed by atoms with Gasteiger partial charge in [-0.2, -0.15) is 0 Å². The lowest BCUT2D eigenvalue weighted by atomic mass is 9.82. The molecule has 3 aromatic rings. The highest BCUT2D eigenvalue weighted by molar-refractivity contribution is 9.10. The summed E-state index contributed by atoms with van der Waals surface area (Å²) in [7, 11) is 0. The molecule has 4 nitrogen and oxygen atoms in total. The molecule has 0 spiro atoms. The lowest BCUT2D eigenvalue weighted by Crippen LogP contribution is -2.39. The summed E-state index contributed by atoms with van der Waals surface area (Å²) < 4.78 is 6.43. The molecular weight excluding hydrogens is 444 g/mol. The van der Waals surface area contributed by atoms with Crippen LogP contribution >= 0.6 is 15.9 Å². The number of ether oxygens (including phenoxy) is 1. The first-order valence-electron chi connectivity index (χ1n) is 9.64. The van der Waals surface area contributed by atoms with Gasteiger partial charge in [0.15, 0.2) is 17.0 Å². The fourth-order valence-electron chi connectivity index (χ4n) is 4.99. The summed E-state index contributed by atoms with van der Waals surface area (Å²) in [6, 6.07) is 22.7. The summed E-state index contributed by atoms with van der Waals surface area (Å²) in [6.07, 6.45) is 0. The number of hydrogen-bond acceptors (Lipinski definition) is 4. The van der Waals surface area contributed by atoms with Crippen LogP contribution in [0.2, 0.25) is 0 Å². The average molecular weight is 461 g/mol. The SMILES string of the molecule is C[C@]1(C(=O)c2ccccc2)[C@@H]2c3cc(Br)ccc3OC(=O)[C@@]21C(=O)c1ccccc1. The predicted molar refractivity (Wildman–Crippen MR) is 115 cm³/mol. The lowest BCUT2D eigenvalue weighted by molar-refractivity contribution is -0.140. The van der Waals surface area contributed by atoms with Crippen molar-refractivity contribution in [2.45, 2.75) is 12.8 Å². The first kappa shape index (κ1) is 18.9. The zero-order valence-electron chi connectivity index (χ0n) is 16.1. The quantitative estimate of drug-likeness (QED) is 0.231. The Kier molecular flexibility index (Phi) is 4.09. The largest absolute Gasteiger partial charge is 0.425 e. The predicted octanol–water partition coefficient (Wildman–Crippen LogP) is 5.22. The number of carbonyl (C=O) groups excluding carboxylic acids is 3. The molecule has 148 valence electrons. The van der Waals surface area contributed by atoms with Crippen LogP contribution in [-0.4, -0.2) is 17.5 Å². The van der Waals surface area contributed by atoms with Crippen molar-refractivity contribution in [1.29, 1.82) is 0 Å². The molecule has 0 unspecified atom stereocenters. The number of benzene rings is 3. The van der Waals surface area contributed by atoms with Gasteiger partial charge in [0, 0.05) is 27.1 Å². The third-order valence-electron chi connectivity index (χ3n) is 6.46. The highest BCUT2D eigenvalue weighted by Crippen LogP contribution is 2.79. The number of ketones is 2. The number of fused-ring (bicyclic) bond motifs is 3. The number of carbonyl (C=O) groups is 3. The van der Waals surface area contributed by atoms with Crippen LogP contribution in [0.5, 0.6) is 5.75 Å². The summed E-state index contributed by atoms with van der Waals surface area (Å²) in [5.41, 5.74) is -1.28. The molecule has 5 heteroatoms. The van der Waals surface area contributed by atoms with Gasteiger partial charge in [0.05, 0.1) is 5.41 Å². The van der Waals surface area contributed by atoms with Gasteiger partial charge in [0.1, 0.15) is 5.75 Å². The zero-order valence-corrected chi connectivity index (χ0v) is 17.7. The lowest BCUT2D eigenvalue weighted by Gasteiger charge is -2.23. The Morgan fingerprint density at radius 3 is 2.03 bits per heavy atom.